The molecule has 0 radical (unpaired) electrons. The largest absolute Gasteiger partial charge is 0.507 e. The minimum absolute atomic E-state index is 0.470. The Morgan fingerprint density at radius 2 is 1.92 bits per heavy atom. The quantitative estimate of drug-likeness (QED) is 0.498. The first-order chi connectivity index (χ1) is 14.1. The predicted molar refractivity (Wildman–Crippen MR) is 86.1 cm³/mol. The molecule has 1 aromatic carbocycles. The molecular weight excluding hydrogens is 312 g/mol. The summed E-state index contributed by atoms with van der Waals surface area (Å²) < 4.78 is 57.5. The van der Waals surface area contributed by atoms with Crippen LogP contribution in [-0.2, 0) is 9.53 Å². The highest BCUT2D eigenvalue weighted by Crippen LogP contribution is 2.36. The molecule has 0 saturated carbocycles. The molecule has 1 unspecified atom stereocenters. The number of phenolic OH excluding ortho intramolecular Hbond substituents is 2. The van der Waals surface area contributed by atoms with Gasteiger partial charge in [-0.3, -0.25) is 14.4 Å². The summed E-state index contributed by atoms with van der Waals surface area (Å²) in [5, 5.41) is 19.9. The summed E-state index contributed by atoms with van der Waals surface area (Å²) in [6.45, 7) is -5.37. The Hall–Kier alpha value is -2.89. The molecule has 126 valence electrons. The van der Waals surface area contributed by atoms with Gasteiger partial charge in [0.2, 0.25) is 0 Å². The second-order valence-corrected chi connectivity index (χ2v) is 5.00. The van der Waals surface area contributed by atoms with Gasteiger partial charge in [-0.2, -0.15) is 0 Å². The van der Waals surface area contributed by atoms with E-state index in [1.54, 1.807) is 0 Å². The van der Waals surface area contributed by atoms with E-state index in [1.807, 2.05) is 0 Å². The van der Waals surface area contributed by atoms with Crippen molar-refractivity contribution >= 4 is 17.5 Å². The van der Waals surface area contributed by atoms with Gasteiger partial charge in [0.05, 0.1) is 12.5 Å². The Morgan fingerprint density at radius 1 is 1.29 bits per heavy atom. The molecule has 0 aliphatic heterocycles. The number of rotatable bonds is 4. The third kappa shape index (κ3) is 3.37. The van der Waals surface area contributed by atoms with Crippen LogP contribution < -0.4 is 0 Å². The minimum atomic E-state index is -3.17. The van der Waals surface area contributed by atoms with E-state index in [-0.39, 0.29) is 0 Å². The van der Waals surface area contributed by atoms with Crippen LogP contribution in [0.5, 0.6) is 11.5 Å². The first-order valence-corrected chi connectivity index (χ1v) is 6.79. The molecule has 1 aliphatic carbocycles. The number of carbonyl (C=O) groups is 3. The molecule has 0 fully saturated rings. The van der Waals surface area contributed by atoms with E-state index in [1.165, 1.54) is 0 Å². The molecule has 0 saturated heterocycles. The zero-order valence-electron chi connectivity index (χ0n) is 19.5. The van der Waals surface area contributed by atoms with Gasteiger partial charge in [0.1, 0.15) is 17.6 Å². The van der Waals surface area contributed by atoms with Gasteiger partial charge in [0.25, 0.3) is 0 Å². The summed E-state index contributed by atoms with van der Waals surface area (Å²) >= 11 is 0. The van der Waals surface area contributed by atoms with Crippen molar-refractivity contribution in [3.8, 4) is 11.5 Å². The van der Waals surface area contributed by atoms with Gasteiger partial charge in [0.15, 0.2) is 11.6 Å². The predicted octanol–water partition coefficient (Wildman–Crippen LogP) is 2.69. The van der Waals surface area contributed by atoms with Crippen LogP contribution in [0, 0.1) is 0 Å². The van der Waals surface area contributed by atoms with Crippen LogP contribution in [-0.4, -0.2) is 33.9 Å². The van der Waals surface area contributed by atoms with Gasteiger partial charge in [0, 0.05) is 27.1 Å². The lowest BCUT2D eigenvalue weighted by atomic mass is 9.85. The second kappa shape index (κ2) is 6.70. The molecule has 1 aliphatic rings. The number of allylic oxidation sites excluding steroid dienone is 2. The van der Waals surface area contributed by atoms with Crippen molar-refractivity contribution in [3.05, 3.63) is 46.5 Å². The van der Waals surface area contributed by atoms with Gasteiger partial charge in [-0.15, -0.1) is 0 Å². The van der Waals surface area contributed by atoms with Crippen molar-refractivity contribution in [3.63, 3.8) is 0 Å². The summed E-state index contributed by atoms with van der Waals surface area (Å²) in [5.41, 5.74) is -2.70. The van der Waals surface area contributed by atoms with Gasteiger partial charge >= 0.3 is 5.97 Å². The first-order valence-electron chi connectivity index (χ1n) is 10.3. The van der Waals surface area contributed by atoms with Crippen LogP contribution in [0.3, 0.4) is 0 Å². The minimum Gasteiger partial charge on any atom is -0.507 e. The Morgan fingerprint density at radius 3 is 2.50 bits per heavy atom. The Balaban J connectivity index is 2.62. The summed E-state index contributed by atoms with van der Waals surface area (Å²) in [4.78, 5) is 36.9. The molecule has 2 N–H and O–H groups in total. The summed E-state index contributed by atoms with van der Waals surface area (Å²) in [6.07, 6.45) is -1.78. The molecule has 1 aromatic rings. The zero-order chi connectivity index (χ0) is 23.9. The molecular formula is C18H18O6. The Labute approximate surface area is 148 Å². The Kier molecular flexibility index (Phi) is 2.81. The highest BCUT2D eigenvalue weighted by atomic mass is 16.5. The van der Waals surface area contributed by atoms with Crippen LogP contribution in [0.4, 0.5) is 0 Å². The fraction of sp³-hybridized carbons (Fsp3) is 0.278. The normalized spacial score (nSPS) is 19.9. The number of aromatic hydroxyl groups is 2. The van der Waals surface area contributed by atoms with Crippen molar-refractivity contribution in [2.45, 2.75) is 33.2 Å². The number of carbonyl (C=O) groups excluding carboxylic acids is 3. The van der Waals surface area contributed by atoms with Crippen LogP contribution in [0.2, 0.25) is 0 Å². The number of benzene rings is 1. The van der Waals surface area contributed by atoms with Gasteiger partial charge in [-0.05, 0) is 31.9 Å². The molecule has 6 nitrogen and oxygen atoms in total. The molecule has 2 rings (SSSR count). The third-order valence-electron chi connectivity index (χ3n) is 3.30. The highest BCUT2D eigenvalue weighted by molar-refractivity contribution is 6.27. The van der Waals surface area contributed by atoms with Gasteiger partial charge < -0.3 is 14.9 Å². The van der Waals surface area contributed by atoms with Gasteiger partial charge in [-0.25, -0.2) is 0 Å². The first kappa shape index (κ1) is 10.1. The number of hydrogen-bond acceptors (Lipinski definition) is 6. The van der Waals surface area contributed by atoms with Crippen molar-refractivity contribution in [2.24, 2.45) is 0 Å². The van der Waals surface area contributed by atoms with E-state index >= 15 is 0 Å². The van der Waals surface area contributed by atoms with E-state index in [9.17, 15) is 24.6 Å². The lowest BCUT2D eigenvalue weighted by Crippen LogP contribution is -2.28. The molecule has 1 atom stereocenters. The maximum atomic E-state index is 12.9. The smallest absolute Gasteiger partial charge is 0.303 e. The summed E-state index contributed by atoms with van der Waals surface area (Å²) in [7, 11) is 0. The van der Waals surface area contributed by atoms with Crippen molar-refractivity contribution < 1.29 is 38.9 Å². The van der Waals surface area contributed by atoms with Crippen molar-refractivity contribution in [1.29, 1.82) is 0 Å². The fourth-order valence-electron chi connectivity index (χ4n) is 2.33. The fourth-order valence-corrected chi connectivity index (χ4v) is 2.33. The standard InChI is InChI=1S/C18H18O6/c1-9(2)4-7-15(24-10(3)19)11-8-14(22)16-12(20)5-6-13(21)17(16)18(11)23/h4-6,8,15,20-21H,7H2,1-3H3/i1D3,2D3,4D. The maximum absolute atomic E-state index is 12.9. The van der Waals surface area contributed by atoms with E-state index in [0.717, 1.165) is 25.1 Å². The average Bonchev–Trinajstić information content (AvgIpc) is 2.56. The van der Waals surface area contributed by atoms with Crippen molar-refractivity contribution in [2.75, 3.05) is 0 Å². The van der Waals surface area contributed by atoms with Gasteiger partial charge in [-0.1, -0.05) is 11.6 Å². The van der Waals surface area contributed by atoms with E-state index < -0.39 is 83.6 Å². The zero-order valence-corrected chi connectivity index (χ0v) is 12.5. The van der Waals surface area contributed by atoms with Crippen LogP contribution in [0.15, 0.2) is 35.4 Å². The monoisotopic (exact) mass is 337 g/mol. The average molecular weight is 337 g/mol. The molecule has 0 heterocycles. The van der Waals surface area contributed by atoms with E-state index in [0.29, 0.717) is 0 Å². The lowest BCUT2D eigenvalue weighted by Gasteiger charge is -2.23. The van der Waals surface area contributed by atoms with Crippen LogP contribution >= 0.6 is 0 Å². The molecule has 0 aromatic heterocycles. The summed E-state index contributed by atoms with van der Waals surface area (Å²) in [5.74, 6) is -4.07. The number of ether oxygens (including phenoxy) is 1. The number of Topliss-reactive ketones (excluding diaryl/α,β-unsaturated/α-hetero) is 1. The number of hydrogen-bond donors (Lipinski definition) is 2. The second-order valence-electron chi connectivity index (χ2n) is 5.00. The number of fused-ring (bicyclic) bond motifs is 1. The topological polar surface area (TPSA) is 101 Å². The Bertz CT molecular complexity index is 1000. The number of esters is 1. The van der Waals surface area contributed by atoms with Crippen LogP contribution in [0.25, 0.3) is 0 Å². The molecule has 0 bridgehead atoms. The van der Waals surface area contributed by atoms with Crippen LogP contribution in [0.1, 0.15) is 57.4 Å². The third-order valence-corrected chi connectivity index (χ3v) is 3.30. The number of phenols is 2. The molecule has 6 heteroatoms. The molecule has 0 amide bonds. The lowest BCUT2D eigenvalue weighted by molar-refractivity contribution is -0.144. The molecule has 0 spiro atoms. The summed E-state index contributed by atoms with van der Waals surface area (Å²) in [6, 6.07) is 1.06. The SMILES string of the molecule is [2H]C(CC(OC(C)=O)C1=CC(=O)c2c(O)ccc(O)c2C1=O)=C(C([2H])([2H])[2H])C([2H])([2H])[2H]. The molecule has 24 heavy (non-hydrogen) atoms. The van der Waals surface area contributed by atoms with Crippen molar-refractivity contribution in [1.82, 2.24) is 0 Å². The maximum Gasteiger partial charge on any atom is 0.303 e. The van der Waals surface area contributed by atoms with E-state index in [4.69, 9.17) is 14.3 Å². The van der Waals surface area contributed by atoms with E-state index in [2.05, 4.69) is 0 Å². The highest BCUT2D eigenvalue weighted by Gasteiger charge is 2.35. The number of ketones is 2.